The van der Waals surface area contributed by atoms with Crippen LogP contribution in [0.5, 0.6) is 0 Å². The monoisotopic (exact) mass is 361 g/mol. The summed E-state index contributed by atoms with van der Waals surface area (Å²) in [4.78, 5) is 16.2. The Labute approximate surface area is 145 Å². The van der Waals surface area contributed by atoms with E-state index < -0.39 is 35.1 Å². The third-order valence-corrected chi connectivity index (χ3v) is 4.29. The van der Waals surface area contributed by atoms with Crippen molar-refractivity contribution in [1.82, 2.24) is 9.55 Å². The fraction of sp³-hybridized carbons (Fsp3) is 0.111. The summed E-state index contributed by atoms with van der Waals surface area (Å²) >= 11 is 0. The number of carbonyl (C=O) groups excluding carboxylic acids is 1. The minimum atomic E-state index is -0.974. The molecule has 1 N–H and O–H groups in total. The zero-order valence-corrected chi connectivity index (χ0v) is 13.1. The van der Waals surface area contributed by atoms with Crippen LogP contribution in [0.4, 0.5) is 23.4 Å². The van der Waals surface area contributed by atoms with E-state index in [1.54, 1.807) is 0 Å². The van der Waals surface area contributed by atoms with Crippen molar-refractivity contribution < 1.29 is 22.4 Å². The molecule has 1 atom stereocenters. The van der Waals surface area contributed by atoms with E-state index in [0.29, 0.717) is 0 Å². The lowest BCUT2D eigenvalue weighted by molar-refractivity contribution is -0.116. The summed E-state index contributed by atoms with van der Waals surface area (Å²) in [7, 11) is 0. The lowest BCUT2D eigenvalue weighted by Gasteiger charge is -2.24. The van der Waals surface area contributed by atoms with Gasteiger partial charge < -0.3 is 5.32 Å². The van der Waals surface area contributed by atoms with Crippen LogP contribution >= 0.6 is 0 Å². The number of aromatic nitrogens is 2. The Balaban J connectivity index is 1.90. The van der Waals surface area contributed by atoms with Crippen molar-refractivity contribution in [1.29, 1.82) is 0 Å². The predicted octanol–water partition coefficient (Wildman–Crippen LogP) is 3.90. The van der Waals surface area contributed by atoms with Crippen LogP contribution in [0.1, 0.15) is 23.6 Å². The summed E-state index contributed by atoms with van der Waals surface area (Å²) in [5.41, 5.74) is -0.278. The van der Waals surface area contributed by atoms with Crippen molar-refractivity contribution in [2.24, 2.45) is 0 Å². The van der Waals surface area contributed by atoms with Gasteiger partial charge in [-0.3, -0.25) is 9.36 Å². The highest BCUT2D eigenvalue weighted by Gasteiger charge is 2.34. The second kappa shape index (κ2) is 5.98. The number of amides is 1. The Morgan fingerprint density at radius 1 is 1.04 bits per heavy atom. The zero-order valence-electron chi connectivity index (χ0n) is 13.1. The van der Waals surface area contributed by atoms with E-state index in [9.17, 15) is 22.4 Å². The van der Waals surface area contributed by atoms with Crippen molar-refractivity contribution in [2.45, 2.75) is 12.3 Å². The fourth-order valence-corrected chi connectivity index (χ4v) is 3.14. The molecule has 1 aliphatic heterocycles. The molecule has 2 heterocycles. The first-order valence-corrected chi connectivity index (χ1v) is 7.72. The number of carbonyl (C=O) groups is 1. The Morgan fingerprint density at radius 2 is 1.77 bits per heavy atom. The molecule has 1 aliphatic rings. The average molecular weight is 361 g/mol. The Kier molecular flexibility index (Phi) is 3.75. The molecule has 0 saturated carbocycles. The summed E-state index contributed by atoms with van der Waals surface area (Å²) in [6.07, 6.45) is 0.966. The molecule has 4 nitrogen and oxygen atoms in total. The number of nitrogens with zero attached hydrogens (tertiary/aromatic N) is 2. The number of imidazole rings is 1. The van der Waals surface area contributed by atoms with Gasteiger partial charge in [0.15, 0.2) is 0 Å². The van der Waals surface area contributed by atoms with Crippen LogP contribution in [-0.2, 0) is 4.79 Å². The van der Waals surface area contributed by atoms with E-state index in [2.05, 4.69) is 10.3 Å². The molecule has 0 fully saturated rings. The molecule has 0 bridgehead atoms. The summed E-state index contributed by atoms with van der Waals surface area (Å²) in [5.74, 6) is -4.45. The lowest BCUT2D eigenvalue weighted by atomic mass is 9.89. The van der Waals surface area contributed by atoms with Gasteiger partial charge in [-0.15, -0.1) is 0 Å². The fourth-order valence-electron chi connectivity index (χ4n) is 3.14. The molecule has 26 heavy (non-hydrogen) atoms. The molecule has 1 amide bonds. The van der Waals surface area contributed by atoms with Gasteiger partial charge in [-0.2, -0.15) is 0 Å². The number of fused-ring (bicyclic) bond motifs is 1. The first kappa shape index (κ1) is 16.3. The van der Waals surface area contributed by atoms with Gasteiger partial charge in [-0.05, 0) is 24.3 Å². The van der Waals surface area contributed by atoms with E-state index in [0.717, 1.165) is 34.9 Å². The maximum Gasteiger partial charge on any atom is 0.226 e. The topological polar surface area (TPSA) is 46.9 Å². The summed E-state index contributed by atoms with van der Waals surface area (Å²) in [6, 6.07) is 6.24. The normalized spacial score (nSPS) is 16.3. The van der Waals surface area contributed by atoms with Gasteiger partial charge >= 0.3 is 0 Å². The Hall–Kier alpha value is -3.16. The smallest absolute Gasteiger partial charge is 0.226 e. The standard InChI is InChI=1S/C18H11F4N3O/c19-9-4-5-11(20)14(6-9)25-8-23-17-10(7-15(26)24-18(17)25)16-12(21)2-1-3-13(16)22/h1-6,8,10H,7H2,(H,24,26). The van der Waals surface area contributed by atoms with E-state index in [4.69, 9.17) is 0 Å². The van der Waals surface area contributed by atoms with Crippen molar-refractivity contribution in [2.75, 3.05) is 5.32 Å². The molecule has 1 unspecified atom stereocenters. The number of hydrogen-bond acceptors (Lipinski definition) is 2. The van der Waals surface area contributed by atoms with E-state index in [1.807, 2.05) is 0 Å². The summed E-state index contributed by atoms with van der Waals surface area (Å²) in [6.45, 7) is 0. The first-order valence-electron chi connectivity index (χ1n) is 7.72. The lowest BCUT2D eigenvalue weighted by Crippen LogP contribution is -2.26. The third kappa shape index (κ3) is 2.54. The number of hydrogen-bond donors (Lipinski definition) is 1. The summed E-state index contributed by atoms with van der Waals surface area (Å²) in [5, 5.41) is 2.52. The third-order valence-electron chi connectivity index (χ3n) is 4.29. The number of anilines is 1. The van der Waals surface area contributed by atoms with Gasteiger partial charge in [-0.1, -0.05) is 6.07 Å². The average Bonchev–Trinajstić information content (AvgIpc) is 3.00. The highest BCUT2D eigenvalue weighted by molar-refractivity contribution is 5.94. The van der Waals surface area contributed by atoms with Gasteiger partial charge in [0.2, 0.25) is 5.91 Å². The van der Waals surface area contributed by atoms with Gasteiger partial charge in [-0.25, -0.2) is 22.5 Å². The van der Waals surface area contributed by atoms with E-state index in [-0.39, 0.29) is 29.2 Å². The molecular weight excluding hydrogens is 350 g/mol. The minimum Gasteiger partial charge on any atom is -0.310 e. The molecule has 132 valence electrons. The maximum absolute atomic E-state index is 14.2. The van der Waals surface area contributed by atoms with Crippen molar-refractivity contribution in [3.8, 4) is 5.69 Å². The Bertz CT molecular complexity index is 1010. The SMILES string of the molecule is O=C1CC(c2c(F)cccc2F)c2ncn(-c3cc(F)ccc3F)c2N1. The van der Waals surface area contributed by atoms with Gasteiger partial charge in [0.05, 0.1) is 11.4 Å². The van der Waals surface area contributed by atoms with E-state index in [1.165, 1.54) is 12.4 Å². The second-order valence-electron chi connectivity index (χ2n) is 5.88. The molecule has 3 aromatic rings. The number of benzene rings is 2. The molecule has 0 saturated heterocycles. The van der Waals surface area contributed by atoms with Gasteiger partial charge in [0.25, 0.3) is 0 Å². The van der Waals surface area contributed by atoms with Crippen molar-refractivity contribution in [3.05, 3.63) is 77.3 Å². The van der Waals surface area contributed by atoms with Crippen molar-refractivity contribution >= 4 is 11.7 Å². The highest BCUT2D eigenvalue weighted by atomic mass is 19.1. The molecule has 0 radical (unpaired) electrons. The number of nitrogens with one attached hydrogen (secondary N) is 1. The predicted molar refractivity (Wildman–Crippen MR) is 84.9 cm³/mol. The van der Waals surface area contributed by atoms with Crippen LogP contribution in [0.25, 0.3) is 5.69 Å². The van der Waals surface area contributed by atoms with Crippen molar-refractivity contribution in [3.63, 3.8) is 0 Å². The van der Waals surface area contributed by atoms with E-state index >= 15 is 0 Å². The second-order valence-corrected chi connectivity index (χ2v) is 5.88. The molecular formula is C18H11F4N3O. The maximum atomic E-state index is 14.2. The first-order chi connectivity index (χ1) is 12.5. The zero-order chi connectivity index (χ0) is 18.4. The van der Waals surface area contributed by atoms with Crippen LogP contribution in [0, 0.1) is 23.3 Å². The quantitative estimate of drug-likeness (QED) is 0.704. The largest absolute Gasteiger partial charge is 0.310 e. The Morgan fingerprint density at radius 3 is 2.50 bits per heavy atom. The molecule has 0 spiro atoms. The van der Waals surface area contributed by atoms with Crippen LogP contribution in [0.15, 0.2) is 42.7 Å². The molecule has 8 heteroatoms. The highest BCUT2D eigenvalue weighted by Crippen LogP contribution is 2.39. The molecule has 0 aliphatic carbocycles. The van der Waals surface area contributed by atoms with Crippen LogP contribution in [0.3, 0.4) is 0 Å². The van der Waals surface area contributed by atoms with Crippen LogP contribution in [0.2, 0.25) is 0 Å². The number of rotatable bonds is 2. The number of halogens is 4. The molecule has 1 aromatic heterocycles. The van der Waals surface area contributed by atoms with Crippen LogP contribution < -0.4 is 5.32 Å². The minimum absolute atomic E-state index is 0.0541. The van der Waals surface area contributed by atoms with Crippen LogP contribution in [-0.4, -0.2) is 15.5 Å². The molecule has 4 rings (SSSR count). The van der Waals surface area contributed by atoms with Gasteiger partial charge in [0, 0.05) is 24.0 Å². The molecule has 2 aromatic carbocycles. The summed E-state index contributed by atoms with van der Waals surface area (Å²) < 4.78 is 57.1. The van der Waals surface area contributed by atoms with Gasteiger partial charge in [0.1, 0.15) is 35.4 Å².